The Morgan fingerprint density at radius 3 is 2.73 bits per heavy atom. The predicted octanol–water partition coefficient (Wildman–Crippen LogP) is 2.57. The fourth-order valence-corrected chi connectivity index (χ4v) is 4.46. The number of ether oxygens (including phenoxy) is 1. The Bertz CT molecular complexity index is 1040. The van der Waals surface area contributed by atoms with Crippen LogP contribution >= 0.6 is 11.6 Å². The minimum absolute atomic E-state index is 0.0237. The molecule has 2 amide bonds. The van der Waals surface area contributed by atoms with Gasteiger partial charge in [0.15, 0.2) is 0 Å². The van der Waals surface area contributed by atoms with Gasteiger partial charge in [0.2, 0.25) is 11.8 Å². The van der Waals surface area contributed by atoms with Gasteiger partial charge in [-0.05, 0) is 30.3 Å². The molecule has 1 aliphatic rings. The van der Waals surface area contributed by atoms with Crippen molar-refractivity contribution < 1.29 is 22.7 Å². The van der Waals surface area contributed by atoms with E-state index in [2.05, 4.69) is 10.0 Å². The van der Waals surface area contributed by atoms with Crippen LogP contribution in [0.3, 0.4) is 0 Å². The van der Waals surface area contributed by atoms with E-state index in [0.29, 0.717) is 25.4 Å². The number of halogens is 1. The highest BCUT2D eigenvalue weighted by Crippen LogP contribution is 2.25. The number of hydrogen-bond donors (Lipinski definition) is 2. The van der Waals surface area contributed by atoms with E-state index in [9.17, 15) is 18.0 Å². The van der Waals surface area contributed by atoms with Crippen LogP contribution in [0.2, 0.25) is 5.02 Å². The normalized spacial score (nSPS) is 16.5. The monoisotopic (exact) mass is 451 g/mol. The van der Waals surface area contributed by atoms with E-state index in [1.807, 2.05) is 0 Å². The highest BCUT2D eigenvalue weighted by atomic mass is 35.5. The highest BCUT2D eigenvalue weighted by Gasteiger charge is 2.34. The van der Waals surface area contributed by atoms with Crippen molar-refractivity contribution in [3.63, 3.8) is 0 Å². The first-order valence-corrected chi connectivity index (χ1v) is 11.1. The molecule has 1 unspecified atom stereocenters. The summed E-state index contributed by atoms with van der Waals surface area (Å²) in [6.07, 6.45) is 0.113. The number of carbonyl (C=O) groups is 2. The molecule has 30 heavy (non-hydrogen) atoms. The van der Waals surface area contributed by atoms with E-state index in [1.54, 1.807) is 42.3 Å². The quantitative estimate of drug-likeness (QED) is 0.641. The molecule has 1 saturated heterocycles. The Morgan fingerprint density at radius 1 is 1.23 bits per heavy atom. The number of nitrogens with one attached hydrogen (secondary N) is 2. The van der Waals surface area contributed by atoms with Crippen molar-refractivity contribution in [3.05, 3.63) is 53.6 Å². The summed E-state index contributed by atoms with van der Waals surface area (Å²) in [5, 5.41) is 2.97. The van der Waals surface area contributed by atoms with Gasteiger partial charge in [-0.3, -0.25) is 14.3 Å². The molecule has 0 aromatic heterocycles. The number of hydrogen-bond acceptors (Lipinski definition) is 5. The zero-order valence-corrected chi connectivity index (χ0v) is 17.9. The molecule has 1 aliphatic heterocycles. The first kappa shape index (κ1) is 22.1. The Balaban J connectivity index is 1.69. The molecule has 160 valence electrons. The van der Waals surface area contributed by atoms with E-state index >= 15 is 0 Å². The Kier molecular flexibility index (Phi) is 6.96. The molecule has 2 N–H and O–H groups in total. The fourth-order valence-electron chi connectivity index (χ4n) is 3.10. The second kappa shape index (κ2) is 9.46. The molecule has 0 spiro atoms. The molecular weight excluding hydrogens is 430 g/mol. The smallest absolute Gasteiger partial charge is 0.262 e. The summed E-state index contributed by atoms with van der Waals surface area (Å²) < 4.78 is 32.8. The van der Waals surface area contributed by atoms with Crippen LogP contribution in [-0.4, -0.2) is 51.9 Å². The maximum atomic E-state index is 12.7. The third kappa shape index (κ3) is 5.29. The van der Waals surface area contributed by atoms with Gasteiger partial charge in [-0.25, -0.2) is 8.42 Å². The number of para-hydroxylation sites is 1. The van der Waals surface area contributed by atoms with Crippen molar-refractivity contribution >= 4 is 44.8 Å². The standard InChI is InChI=1S/C20H22ClN3O5S/c1-29-10-9-24-13-14(11-19(24)25)20(26)22-15-5-4-6-16(12-15)30(27,28)23-18-8-3-2-7-17(18)21/h2-8,12,14,23H,9-11,13H2,1H3,(H,22,26). The van der Waals surface area contributed by atoms with Crippen molar-refractivity contribution in [1.29, 1.82) is 0 Å². The van der Waals surface area contributed by atoms with Crippen molar-refractivity contribution in [1.82, 2.24) is 4.90 Å². The predicted molar refractivity (Wildman–Crippen MR) is 114 cm³/mol. The van der Waals surface area contributed by atoms with E-state index in [0.717, 1.165) is 0 Å². The lowest BCUT2D eigenvalue weighted by Crippen LogP contribution is -2.30. The lowest BCUT2D eigenvalue weighted by Gasteiger charge is -2.16. The molecular formula is C20H22ClN3O5S. The zero-order chi connectivity index (χ0) is 21.7. The Hall–Kier alpha value is -2.62. The van der Waals surface area contributed by atoms with Gasteiger partial charge >= 0.3 is 0 Å². The van der Waals surface area contributed by atoms with Crippen molar-refractivity contribution in [2.24, 2.45) is 5.92 Å². The number of methoxy groups -OCH3 is 1. The minimum Gasteiger partial charge on any atom is -0.383 e. The zero-order valence-electron chi connectivity index (χ0n) is 16.3. The van der Waals surface area contributed by atoms with Crippen molar-refractivity contribution in [3.8, 4) is 0 Å². The van der Waals surface area contributed by atoms with E-state index in [1.165, 1.54) is 18.2 Å². The summed E-state index contributed by atoms with van der Waals surface area (Å²) in [5.74, 6) is -0.944. The first-order valence-electron chi connectivity index (χ1n) is 9.25. The lowest BCUT2D eigenvalue weighted by atomic mass is 10.1. The van der Waals surface area contributed by atoms with Gasteiger partial charge in [-0.15, -0.1) is 0 Å². The molecule has 0 saturated carbocycles. The average molecular weight is 452 g/mol. The number of likely N-dealkylation sites (tertiary alicyclic amines) is 1. The third-order valence-corrected chi connectivity index (χ3v) is 6.37. The molecule has 2 aromatic carbocycles. The van der Waals surface area contributed by atoms with Crippen LogP contribution < -0.4 is 10.0 Å². The fraction of sp³-hybridized carbons (Fsp3) is 0.300. The number of nitrogens with zero attached hydrogens (tertiary/aromatic N) is 1. The van der Waals surface area contributed by atoms with E-state index in [-0.39, 0.29) is 33.8 Å². The van der Waals surface area contributed by atoms with Crippen LogP contribution in [0, 0.1) is 5.92 Å². The molecule has 8 nitrogen and oxygen atoms in total. The summed E-state index contributed by atoms with van der Waals surface area (Å²) in [5.41, 5.74) is 0.582. The van der Waals surface area contributed by atoms with Gasteiger partial charge in [0, 0.05) is 32.3 Å². The molecule has 1 heterocycles. The number of amides is 2. The van der Waals surface area contributed by atoms with Crippen molar-refractivity contribution in [2.45, 2.75) is 11.3 Å². The summed E-state index contributed by atoms with van der Waals surface area (Å²) in [4.78, 5) is 26.2. The largest absolute Gasteiger partial charge is 0.383 e. The van der Waals surface area contributed by atoms with Gasteiger partial charge in [-0.2, -0.15) is 0 Å². The van der Waals surface area contributed by atoms with E-state index < -0.39 is 15.9 Å². The van der Waals surface area contributed by atoms with E-state index in [4.69, 9.17) is 16.3 Å². The third-order valence-electron chi connectivity index (χ3n) is 4.68. The molecule has 0 aliphatic carbocycles. The van der Waals surface area contributed by atoms with Gasteiger partial charge in [0.05, 0.1) is 28.1 Å². The summed E-state index contributed by atoms with van der Waals surface area (Å²) in [6.45, 7) is 1.14. The van der Waals surface area contributed by atoms with Crippen molar-refractivity contribution in [2.75, 3.05) is 36.8 Å². The number of benzene rings is 2. The maximum Gasteiger partial charge on any atom is 0.262 e. The molecule has 0 bridgehead atoms. The SMILES string of the molecule is COCCN1CC(C(=O)Nc2cccc(S(=O)(=O)Nc3ccccc3Cl)c2)CC1=O. The summed E-state index contributed by atoms with van der Waals surface area (Å²) >= 11 is 6.02. The molecule has 0 radical (unpaired) electrons. The topological polar surface area (TPSA) is 105 Å². The lowest BCUT2D eigenvalue weighted by molar-refractivity contribution is -0.128. The van der Waals surface area contributed by atoms with Crippen LogP contribution in [0.15, 0.2) is 53.4 Å². The van der Waals surface area contributed by atoms with Gasteiger partial charge in [0.25, 0.3) is 10.0 Å². The molecule has 1 atom stereocenters. The molecule has 10 heteroatoms. The van der Waals surface area contributed by atoms with Gasteiger partial charge in [0.1, 0.15) is 0 Å². The number of carbonyl (C=O) groups excluding carboxylic acids is 2. The molecule has 1 fully saturated rings. The first-order chi connectivity index (χ1) is 14.3. The van der Waals surface area contributed by atoms with Crippen LogP contribution in [0.5, 0.6) is 0 Å². The summed E-state index contributed by atoms with van der Waals surface area (Å²) in [6, 6.07) is 12.4. The van der Waals surface area contributed by atoms with Crippen LogP contribution in [0.25, 0.3) is 0 Å². The average Bonchev–Trinajstić information content (AvgIpc) is 3.09. The van der Waals surface area contributed by atoms with Gasteiger partial charge < -0.3 is 15.0 Å². The van der Waals surface area contributed by atoms with Gasteiger partial charge in [-0.1, -0.05) is 29.8 Å². The molecule has 3 rings (SSSR count). The highest BCUT2D eigenvalue weighted by molar-refractivity contribution is 7.92. The number of sulfonamides is 1. The number of anilines is 2. The molecule has 2 aromatic rings. The maximum absolute atomic E-state index is 12.7. The van der Waals surface area contributed by atoms with Crippen LogP contribution in [0.1, 0.15) is 6.42 Å². The Morgan fingerprint density at radius 2 is 2.00 bits per heavy atom. The number of rotatable bonds is 8. The van der Waals surface area contributed by atoms with Crippen LogP contribution in [0.4, 0.5) is 11.4 Å². The van der Waals surface area contributed by atoms with Crippen LogP contribution in [-0.2, 0) is 24.3 Å². The summed E-state index contributed by atoms with van der Waals surface area (Å²) in [7, 11) is -2.35. The minimum atomic E-state index is -3.90. The second-order valence-corrected chi connectivity index (χ2v) is 8.93. The second-order valence-electron chi connectivity index (χ2n) is 6.84. The Labute approximate surface area is 180 Å².